The number of alkyl halides is 2. The Hall–Kier alpha value is -1.76. The second-order valence-corrected chi connectivity index (χ2v) is 8.27. The van der Waals surface area contributed by atoms with E-state index in [2.05, 4.69) is 4.99 Å². The minimum atomic E-state index is -3.56. The van der Waals surface area contributed by atoms with Crippen molar-refractivity contribution in [3.63, 3.8) is 0 Å². The van der Waals surface area contributed by atoms with E-state index in [1.807, 2.05) is 0 Å². The molecule has 0 fully saturated rings. The highest BCUT2D eigenvalue weighted by Gasteiger charge is 2.63. The molecular formula is C20H19Cl2F3N2O. The summed E-state index contributed by atoms with van der Waals surface area (Å²) in [6, 6.07) is 8.68. The largest absolute Gasteiger partial charge is 0.385 e. The zero-order valence-corrected chi connectivity index (χ0v) is 17.0. The second kappa shape index (κ2) is 6.94. The fraction of sp³-hybridized carbons (Fsp3) is 0.350. The molecule has 0 amide bonds. The van der Waals surface area contributed by atoms with Crippen LogP contribution in [0.15, 0.2) is 41.4 Å². The maximum Gasteiger partial charge on any atom is 0.304 e. The molecule has 0 radical (unpaired) electrons. The molecule has 2 aromatic rings. The van der Waals surface area contributed by atoms with Crippen LogP contribution in [-0.2, 0) is 10.3 Å². The zero-order chi connectivity index (χ0) is 20.9. The molecule has 0 aliphatic carbocycles. The van der Waals surface area contributed by atoms with Crippen LogP contribution in [0.3, 0.4) is 0 Å². The Balaban J connectivity index is 2.25. The number of hydrogen-bond donors (Lipinski definition) is 1. The van der Waals surface area contributed by atoms with Crippen molar-refractivity contribution < 1.29 is 17.9 Å². The average Bonchev–Trinajstić information content (AvgIpc) is 2.64. The molecule has 8 heteroatoms. The summed E-state index contributed by atoms with van der Waals surface area (Å²) in [7, 11) is 0. The summed E-state index contributed by atoms with van der Waals surface area (Å²) >= 11 is 12.1. The van der Waals surface area contributed by atoms with Gasteiger partial charge in [0.1, 0.15) is 23.9 Å². The molecule has 1 unspecified atom stereocenters. The Morgan fingerprint density at radius 3 is 2.21 bits per heavy atom. The van der Waals surface area contributed by atoms with Crippen LogP contribution in [-0.4, -0.2) is 24.0 Å². The van der Waals surface area contributed by atoms with Crippen molar-refractivity contribution in [2.75, 3.05) is 6.61 Å². The number of nitrogens with two attached hydrogens (primary N) is 1. The number of aliphatic imine (C=N–C) groups is 1. The number of amidine groups is 1. The topological polar surface area (TPSA) is 47.6 Å². The van der Waals surface area contributed by atoms with Gasteiger partial charge < -0.3 is 10.5 Å². The van der Waals surface area contributed by atoms with Gasteiger partial charge in [0.2, 0.25) is 0 Å². The van der Waals surface area contributed by atoms with Gasteiger partial charge in [0.15, 0.2) is 5.54 Å². The highest BCUT2D eigenvalue weighted by Crippen LogP contribution is 2.51. The fourth-order valence-electron chi connectivity index (χ4n) is 3.35. The molecule has 1 aliphatic heterocycles. The molecule has 1 atom stereocenters. The third kappa shape index (κ3) is 3.38. The molecule has 0 saturated heterocycles. The van der Waals surface area contributed by atoms with Crippen LogP contribution in [0.5, 0.6) is 0 Å². The number of ether oxygens (including phenoxy) is 1. The van der Waals surface area contributed by atoms with Crippen molar-refractivity contribution in [3.8, 4) is 11.1 Å². The maximum atomic E-state index is 15.5. The van der Waals surface area contributed by atoms with Crippen LogP contribution in [0.2, 0.25) is 10.0 Å². The normalized spacial score (nSPS) is 23.8. The third-order valence-corrected chi connectivity index (χ3v) is 5.44. The Kier molecular flexibility index (Phi) is 5.19. The summed E-state index contributed by atoms with van der Waals surface area (Å²) in [6.07, 6.45) is 0. The van der Waals surface area contributed by atoms with Gasteiger partial charge in [-0.2, -0.15) is 0 Å². The van der Waals surface area contributed by atoms with Gasteiger partial charge in [-0.25, -0.2) is 13.2 Å². The lowest BCUT2D eigenvalue weighted by Crippen LogP contribution is -2.56. The number of hydrogen-bond acceptors (Lipinski definition) is 3. The monoisotopic (exact) mass is 430 g/mol. The summed E-state index contributed by atoms with van der Waals surface area (Å²) in [5.74, 6) is -4.52. The molecule has 3 rings (SSSR count). The maximum absolute atomic E-state index is 15.5. The van der Waals surface area contributed by atoms with Crippen LogP contribution in [0, 0.1) is 5.82 Å². The zero-order valence-electron chi connectivity index (χ0n) is 15.5. The van der Waals surface area contributed by atoms with E-state index in [0.29, 0.717) is 21.2 Å². The van der Waals surface area contributed by atoms with Gasteiger partial charge >= 0.3 is 5.92 Å². The van der Waals surface area contributed by atoms with E-state index in [9.17, 15) is 4.39 Å². The van der Waals surface area contributed by atoms with Gasteiger partial charge in [-0.15, -0.1) is 0 Å². The summed E-state index contributed by atoms with van der Waals surface area (Å²) < 4.78 is 51.0. The molecule has 28 heavy (non-hydrogen) atoms. The first-order valence-electron chi connectivity index (χ1n) is 8.50. The molecule has 2 aromatic carbocycles. The predicted octanol–water partition coefficient (Wildman–Crippen LogP) is 5.82. The molecule has 3 nitrogen and oxygen atoms in total. The first-order chi connectivity index (χ1) is 12.9. The van der Waals surface area contributed by atoms with Gasteiger partial charge in [0.25, 0.3) is 0 Å². The number of nitrogens with zero attached hydrogens (tertiary/aromatic N) is 1. The molecule has 0 spiro atoms. The molecule has 0 saturated carbocycles. The SMILES string of the molecule is CC1(C)OCC(N)=NC(C)(c2cc(-c3cc(Cl)cc(Cl)c3)ccc2F)C1(F)F. The van der Waals surface area contributed by atoms with Crippen LogP contribution in [0.4, 0.5) is 13.2 Å². The number of halogens is 5. The molecular weight excluding hydrogens is 412 g/mol. The summed E-state index contributed by atoms with van der Waals surface area (Å²) in [5, 5.41) is 0.743. The molecule has 0 aromatic heterocycles. The second-order valence-electron chi connectivity index (χ2n) is 7.40. The Morgan fingerprint density at radius 1 is 1.00 bits per heavy atom. The fourth-order valence-corrected chi connectivity index (χ4v) is 3.87. The molecule has 1 aliphatic rings. The van der Waals surface area contributed by atoms with E-state index in [1.54, 1.807) is 18.2 Å². The van der Waals surface area contributed by atoms with Crippen molar-refractivity contribution >= 4 is 29.0 Å². The van der Waals surface area contributed by atoms with E-state index in [4.69, 9.17) is 33.7 Å². The van der Waals surface area contributed by atoms with E-state index in [0.717, 1.165) is 13.0 Å². The van der Waals surface area contributed by atoms with Crippen molar-refractivity contribution in [3.05, 3.63) is 57.8 Å². The molecule has 1 heterocycles. The van der Waals surface area contributed by atoms with Gasteiger partial charge in [-0.1, -0.05) is 29.3 Å². The van der Waals surface area contributed by atoms with Crippen LogP contribution >= 0.6 is 23.2 Å². The van der Waals surface area contributed by atoms with Crippen LogP contribution < -0.4 is 5.73 Å². The Labute approximate surface area is 171 Å². The van der Waals surface area contributed by atoms with Crippen molar-refractivity contribution in [1.29, 1.82) is 0 Å². The Bertz CT molecular complexity index is 942. The molecule has 2 N–H and O–H groups in total. The summed E-state index contributed by atoms with van der Waals surface area (Å²) in [6.45, 7) is 3.35. The van der Waals surface area contributed by atoms with Crippen molar-refractivity contribution in [2.45, 2.75) is 37.8 Å². The highest BCUT2D eigenvalue weighted by atomic mass is 35.5. The first kappa shape index (κ1) is 21.0. The summed E-state index contributed by atoms with van der Waals surface area (Å²) in [4.78, 5) is 3.98. The van der Waals surface area contributed by atoms with Gasteiger partial charge in [-0.3, -0.25) is 4.99 Å². The minimum Gasteiger partial charge on any atom is -0.385 e. The predicted molar refractivity (Wildman–Crippen MR) is 106 cm³/mol. The Morgan fingerprint density at radius 2 is 1.61 bits per heavy atom. The van der Waals surface area contributed by atoms with Gasteiger partial charge in [-0.05, 0) is 62.2 Å². The van der Waals surface area contributed by atoms with Crippen molar-refractivity contribution in [2.24, 2.45) is 10.7 Å². The standard InChI is InChI=1S/C20H19Cl2F3N2O/c1-18(2)20(24,25)19(3,27-17(26)10-28-18)15-8-11(4-5-16(15)23)12-6-13(21)9-14(22)7-12/h4-9H,10H2,1-3H3,(H2,26,27). The lowest BCUT2D eigenvalue weighted by Gasteiger charge is -2.42. The van der Waals surface area contributed by atoms with E-state index < -0.39 is 22.9 Å². The molecule has 150 valence electrons. The van der Waals surface area contributed by atoms with Crippen LogP contribution in [0.1, 0.15) is 26.3 Å². The van der Waals surface area contributed by atoms with Crippen molar-refractivity contribution in [1.82, 2.24) is 0 Å². The smallest absolute Gasteiger partial charge is 0.304 e. The number of rotatable bonds is 2. The van der Waals surface area contributed by atoms with Gasteiger partial charge in [0, 0.05) is 15.6 Å². The van der Waals surface area contributed by atoms with E-state index >= 15 is 8.78 Å². The average molecular weight is 431 g/mol. The summed E-state index contributed by atoms with van der Waals surface area (Å²) in [5.41, 5.74) is 2.29. The number of benzene rings is 2. The van der Waals surface area contributed by atoms with E-state index in [-0.39, 0.29) is 18.0 Å². The lowest BCUT2D eigenvalue weighted by atomic mass is 9.77. The minimum absolute atomic E-state index is 0.136. The quantitative estimate of drug-likeness (QED) is 0.652. The highest BCUT2D eigenvalue weighted by molar-refractivity contribution is 6.35. The molecule has 0 bridgehead atoms. The first-order valence-corrected chi connectivity index (χ1v) is 9.25. The van der Waals surface area contributed by atoms with Gasteiger partial charge in [0.05, 0.1) is 0 Å². The van der Waals surface area contributed by atoms with Crippen LogP contribution in [0.25, 0.3) is 11.1 Å². The van der Waals surface area contributed by atoms with E-state index in [1.165, 1.54) is 26.0 Å². The third-order valence-electron chi connectivity index (χ3n) is 5.00. The lowest BCUT2D eigenvalue weighted by molar-refractivity contribution is -0.214.